The molecule has 0 aromatic rings. The molecule has 0 aliphatic rings. The molecule has 0 aromatic heterocycles. The molecule has 0 spiro atoms. The molecule has 0 aliphatic heterocycles. The van der Waals surface area contributed by atoms with Crippen molar-refractivity contribution in [2.24, 2.45) is 17.8 Å². The number of aliphatic hydroxyl groups is 3. The van der Waals surface area contributed by atoms with Crippen LogP contribution in [0.1, 0.15) is 59.8 Å². The van der Waals surface area contributed by atoms with Gasteiger partial charge >= 0.3 is 0 Å². The number of carbonyl (C=O) groups is 3. The minimum absolute atomic E-state index is 0.0791. The van der Waals surface area contributed by atoms with E-state index in [1.165, 1.54) is 0 Å². The number of aliphatic hydroxyl groups excluding tert-OH is 3. The van der Waals surface area contributed by atoms with Gasteiger partial charge in [-0.05, 0) is 24.7 Å². The van der Waals surface area contributed by atoms with Crippen molar-refractivity contribution >= 4 is 17.6 Å². The van der Waals surface area contributed by atoms with E-state index in [1.54, 1.807) is 0 Å². The lowest BCUT2D eigenvalue weighted by Crippen LogP contribution is -2.54. The van der Waals surface area contributed by atoms with E-state index in [1.807, 2.05) is 13.8 Å². The zero-order valence-corrected chi connectivity index (χ0v) is 17.6. The van der Waals surface area contributed by atoms with Crippen LogP contribution in [0.4, 0.5) is 0 Å². The predicted molar refractivity (Wildman–Crippen MR) is 106 cm³/mol. The lowest BCUT2D eigenvalue weighted by molar-refractivity contribution is -0.134. The highest BCUT2D eigenvalue weighted by molar-refractivity contribution is 5.93. The molecular formula is C20H38N2O6. The summed E-state index contributed by atoms with van der Waals surface area (Å²) in [5, 5.41) is 33.0. The lowest BCUT2D eigenvalue weighted by atomic mass is 9.92. The Morgan fingerprint density at radius 1 is 0.786 bits per heavy atom. The molecule has 28 heavy (non-hydrogen) atoms. The zero-order chi connectivity index (χ0) is 21.7. The zero-order valence-electron chi connectivity index (χ0n) is 17.6. The Morgan fingerprint density at radius 3 is 1.86 bits per heavy atom. The standard InChI is InChI=1S/C20H38N2O6/c1-13(2)7-5-6-8-18(26)21-17(12-25)20(28)22-16(9-14(3)4)19(27)15(10-23)11-24/h13-17,23-25H,5-12H2,1-4H3,(H,21,26)(H,22,28). The summed E-state index contributed by atoms with van der Waals surface area (Å²) < 4.78 is 0. The van der Waals surface area contributed by atoms with Gasteiger partial charge in [-0.25, -0.2) is 0 Å². The van der Waals surface area contributed by atoms with Gasteiger partial charge in [0, 0.05) is 6.42 Å². The van der Waals surface area contributed by atoms with Crippen LogP contribution in [0.5, 0.6) is 0 Å². The smallest absolute Gasteiger partial charge is 0.245 e. The van der Waals surface area contributed by atoms with Crippen LogP contribution < -0.4 is 10.6 Å². The van der Waals surface area contributed by atoms with Gasteiger partial charge in [0.05, 0.1) is 31.8 Å². The van der Waals surface area contributed by atoms with E-state index in [4.69, 9.17) is 0 Å². The van der Waals surface area contributed by atoms with Crippen LogP contribution in [-0.4, -0.2) is 64.8 Å². The van der Waals surface area contributed by atoms with Gasteiger partial charge in [-0.2, -0.15) is 0 Å². The first kappa shape index (κ1) is 26.5. The Hall–Kier alpha value is -1.51. The van der Waals surface area contributed by atoms with Crippen molar-refractivity contribution < 1.29 is 29.7 Å². The molecule has 0 rings (SSSR count). The van der Waals surface area contributed by atoms with Gasteiger partial charge in [0.25, 0.3) is 0 Å². The molecular weight excluding hydrogens is 364 g/mol. The third kappa shape index (κ3) is 10.7. The highest BCUT2D eigenvalue weighted by Crippen LogP contribution is 2.11. The maximum absolute atomic E-state index is 12.5. The van der Waals surface area contributed by atoms with Gasteiger partial charge in [0.2, 0.25) is 11.8 Å². The minimum Gasteiger partial charge on any atom is -0.396 e. The van der Waals surface area contributed by atoms with Crippen LogP contribution >= 0.6 is 0 Å². The summed E-state index contributed by atoms with van der Waals surface area (Å²) in [6.07, 6.45) is 3.22. The minimum atomic E-state index is -1.15. The first-order valence-corrected chi connectivity index (χ1v) is 10.1. The fourth-order valence-corrected chi connectivity index (χ4v) is 2.81. The maximum atomic E-state index is 12.5. The van der Waals surface area contributed by atoms with Crippen LogP contribution in [0.2, 0.25) is 0 Å². The fourth-order valence-electron chi connectivity index (χ4n) is 2.81. The third-order valence-electron chi connectivity index (χ3n) is 4.48. The monoisotopic (exact) mass is 402 g/mol. The number of Topliss-reactive ketones (excluding diaryl/α,β-unsaturated/α-hetero) is 1. The molecule has 0 radical (unpaired) electrons. The second-order valence-electron chi connectivity index (χ2n) is 8.10. The Kier molecular flexibility index (Phi) is 13.7. The second-order valence-corrected chi connectivity index (χ2v) is 8.10. The van der Waals surface area contributed by atoms with Crippen molar-refractivity contribution in [3.8, 4) is 0 Å². The quantitative estimate of drug-likeness (QED) is 0.251. The van der Waals surface area contributed by atoms with Crippen LogP contribution in [-0.2, 0) is 14.4 Å². The summed E-state index contributed by atoms with van der Waals surface area (Å²) in [5.41, 5.74) is 0. The first-order chi connectivity index (χ1) is 13.2. The van der Waals surface area contributed by atoms with Crippen molar-refractivity contribution in [2.75, 3.05) is 19.8 Å². The fraction of sp³-hybridized carbons (Fsp3) is 0.850. The number of carbonyl (C=O) groups excluding carboxylic acids is 3. The van der Waals surface area contributed by atoms with Crippen LogP contribution in [0.3, 0.4) is 0 Å². The van der Waals surface area contributed by atoms with E-state index in [0.717, 1.165) is 12.8 Å². The van der Waals surface area contributed by atoms with Crippen molar-refractivity contribution in [3.05, 3.63) is 0 Å². The summed E-state index contributed by atoms with van der Waals surface area (Å²) >= 11 is 0. The normalized spacial score (nSPS) is 13.6. The number of amides is 2. The molecule has 0 fully saturated rings. The Bertz CT molecular complexity index is 477. The van der Waals surface area contributed by atoms with Gasteiger partial charge in [-0.15, -0.1) is 0 Å². The molecule has 0 aliphatic carbocycles. The molecule has 2 atom stereocenters. The number of hydrogen-bond acceptors (Lipinski definition) is 6. The van der Waals surface area contributed by atoms with Gasteiger partial charge in [0.1, 0.15) is 6.04 Å². The van der Waals surface area contributed by atoms with Crippen molar-refractivity contribution in [3.63, 3.8) is 0 Å². The largest absolute Gasteiger partial charge is 0.396 e. The highest BCUT2D eigenvalue weighted by Gasteiger charge is 2.30. The van der Waals surface area contributed by atoms with E-state index in [-0.39, 0.29) is 18.2 Å². The third-order valence-corrected chi connectivity index (χ3v) is 4.48. The number of rotatable bonds is 15. The Balaban J connectivity index is 4.81. The van der Waals surface area contributed by atoms with Gasteiger partial charge in [-0.3, -0.25) is 14.4 Å². The number of hydrogen-bond donors (Lipinski definition) is 5. The summed E-state index contributed by atoms with van der Waals surface area (Å²) in [6, 6.07) is -2.06. The number of ketones is 1. The Labute approximate surface area is 168 Å². The maximum Gasteiger partial charge on any atom is 0.245 e. The number of nitrogens with one attached hydrogen (secondary N) is 2. The molecule has 8 nitrogen and oxygen atoms in total. The molecule has 0 aromatic carbocycles. The summed E-state index contributed by atoms with van der Waals surface area (Å²) in [6.45, 7) is 6.35. The number of unbranched alkanes of at least 4 members (excludes halogenated alkanes) is 1. The SMILES string of the molecule is CC(C)CCCCC(=O)NC(CO)C(=O)NC(CC(C)C)C(=O)C(CO)CO. The molecule has 8 heteroatoms. The van der Waals surface area contributed by atoms with E-state index < -0.39 is 49.5 Å². The highest BCUT2D eigenvalue weighted by atomic mass is 16.3. The molecule has 0 bridgehead atoms. The average molecular weight is 403 g/mol. The van der Waals surface area contributed by atoms with E-state index in [0.29, 0.717) is 18.8 Å². The molecule has 0 saturated carbocycles. The van der Waals surface area contributed by atoms with Crippen molar-refractivity contribution in [2.45, 2.75) is 71.9 Å². The predicted octanol–water partition coefficient (Wildman–Crippen LogP) is 0.381. The molecule has 5 N–H and O–H groups in total. The summed E-state index contributed by atoms with van der Waals surface area (Å²) in [5.74, 6) is -1.79. The molecule has 2 unspecified atom stereocenters. The van der Waals surface area contributed by atoms with Crippen molar-refractivity contribution in [1.29, 1.82) is 0 Å². The van der Waals surface area contributed by atoms with E-state index >= 15 is 0 Å². The lowest BCUT2D eigenvalue weighted by Gasteiger charge is -2.25. The van der Waals surface area contributed by atoms with Crippen molar-refractivity contribution in [1.82, 2.24) is 10.6 Å². The van der Waals surface area contributed by atoms with Crippen LogP contribution in [0, 0.1) is 17.8 Å². The topological polar surface area (TPSA) is 136 Å². The molecule has 164 valence electrons. The van der Waals surface area contributed by atoms with Gasteiger partial charge < -0.3 is 26.0 Å². The summed E-state index contributed by atoms with van der Waals surface area (Å²) in [7, 11) is 0. The van der Waals surface area contributed by atoms with E-state index in [2.05, 4.69) is 24.5 Å². The molecule has 0 heterocycles. The Morgan fingerprint density at radius 2 is 1.39 bits per heavy atom. The van der Waals surface area contributed by atoms with E-state index in [9.17, 15) is 29.7 Å². The van der Waals surface area contributed by atoms with Gasteiger partial charge in [0.15, 0.2) is 5.78 Å². The second kappa shape index (κ2) is 14.5. The van der Waals surface area contributed by atoms with Gasteiger partial charge in [-0.1, -0.05) is 40.5 Å². The van der Waals surface area contributed by atoms with Crippen LogP contribution in [0.15, 0.2) is 0 Å². The molecule has 0 saturated heterocycles. The first-order valence-electron chi connectivity index (χ1n) is 10.1. The summed E-state index contributed by atoms with van der Waals surface area (Å²) in [4.78, 5) is 36.9. The average Bonchev–Trinajstić information content (AvgIpc) is 2.62. The molecule has 2 amide bonds. The van der Waals surface area contributed by atoms with Crippen LogP contribution in [0.25, 0.3) is 0 Å².